The number of nitrogens with zero attached hydrogens (tertiary/aromatic N) is 2. The Morgan fingerprint density at radius 1 is 1.14 bits per heavy atom. The van der Waals surface area contributed by atoms with Crippen molar-refractivity contribution in [3.8, 4) is 11.1 Å². The van der Waals surface area contributed by atoms with Gasteiger partial charge in [0, 0.05) is 55.6 Å². The highest BCUT2D eigenvalue weighted by Crippen LogP contribution is 2.64. The molecule has 3 heterocycles. The van der Waals surface area contributed by atoms with Crippen molar-refractivity contribution in [2.24, 2.45) is 11.8 Å². The molecule has 2 aliphatic carbocycles. The number of pyridine rings is 1. The van der Waals surface area contributed by atoms with Gasteiger partial charge in [-0.2, -0.15) is 0 Å². The second kappa shape index (κ2) is 9.37. The third-order valence-corrected chi connectivity index (χ3v) is 9.89. The molecule has 0 bridgehead atoms. The smallest absolute Gasteiger partial charge is 0.255 e. The number of aromatic nitrogens is 1. The Hall–Kier alpha value is -2.48. The first-order valence-corrected chi connectivity index (χ1v) is 14.0. The predicted octanol–water partition coefficient (Wildman–Crippen LogP) is 3.75. The normalized spacial score (nSPS) is 34.2. The minimum atomic E-state index is -0.632. The lowest BCUT2D eigenvalue weighted by molar-refractivity contribution is 0.0140. The molecular formula is C30H40N4O3. The number of nitrogens with one attached hydrogen (secondary N) is 1. The highest BCUT2D eigenvalue weighted by Gasteiger charge is 2.67. The third kappa shape index (κ3) is 4.55. The lowest BCUT2D eigenvalue weighted by atomic mass is 9.83. The molecule has 1 unspecified atom stereocenters. The van der Waals surface area contributed by atoms with Crippen LogP contribution in [-0.4, -0.2) is 64.9 Å². The van der Waals surface area contributed by atoms with Gasteiger partial charge in [0.2, 0.25) is 0 Å². The summed E-state index contributed by atoms with van der Waals surface area (Å²) in [5.74, 6) is 1.50. The van der Waals surface area contributed by atoms with Crippen molar-refractivity contribution in [3.63, 3.8) is 0 Å². The molecule has 3 atom stereocenters. The van der Waals surface area contributed by atoms with Gasteiger partial charge in [0.05, 0.1) is 11.2 Å². The van der Waals surface area contributed by atoms with Crippen LogP contribution in [0.25, 0.3) is 11.1 Å². The van der Waals surface area contributed by atoms with Crippen LogP contribution in [0.15, 0.2) is 36.5 Å². The van der Waals surface area contributed by atoms with Gasteiger partial charge in [-0.25, -0.2) is 4.98 Å². The Kier molecular flexibility index (Phi) is 6.29. The van der Waals surface area contributed by atoms with Crippen molar-refractivity contribution < 1.29 is 14.6 Å². The monoisotopic (exact) mass is 504 g/mol. The average Bonchev–Trinajstić information content (AvgIpc) is 3.25. The fourth-order valence-electron chi connectivity index (χ4n) is 7.29. The van der Waals surface area contributed by atoms with Crippen molar-refractivity contribution in [1.82, 2.24) is 15.2 Å². The fraction of sp³-hybridized carbons (Fsp3) is 0.600. The van der Waals surface area contributed by atoms with E-state index in [4.69, 9.17) is 10.5 Å². The zero-order valence-electron chi connectivity index (χ0n) is 22.1. The van der Waals surface area contributed by atoms with Gasteiger partial charge in [0.25, 0.3) is 5.91 Å². The number of carbonyl (C=O) groups excluding carboxylic acids is 1. The SMILES string of the molecule is CC1[C@H]2CN(C3CCOCC3)C[C@@]12c1ccc(-c2cnc(N)c(C(=O)N[C@H]3CC[C@](C)(O)CC3)c2)cc1. The first-order valence-electron chi connectivity index (χ1n) is 14.0. The van der Waals surface area contributed by atoms with E-state index in [1.165, 1.54) is 12.1 Å². The van der Waals surface area contributed by atoms with Gasteiger partial charge >= 0.3 is 0 Å². The van der Waals surface area contributed by atoms with E-state index >= 15 is 0 Å². The summed E-state index contributed by atoms with van der Waals surface area (Å²) in [6, 6.07) is 11.5. The van der Waals surface area contributed by atoms with Crippen LogP contribution in [0.1, 0.15) is 68.3 Å². The number of benzene rings is 1. The summed E-state index contributed by atoms with van der Waals surface area (Å²) in [5.41, 5.74) is 9.53. The minimum absolute atomic E-state index is 0.0508. The molecule has 4 fully saturated rings. The number of rotatable bonds is 5. The molecule has 198 valence electrons. The molecule has 7 nitrogen and oxygen atoms in total. The Morgan fingerprint density at radius 3 is 2.54 bits per heavy atom. The number of ether oxygens (including phenoxy) is 1. The molecule has 0 radical (unpaired) electrons. The van der Waals surface area contributed by atoms with Crippen molar-refractivity contribution in [1.29, 1.82) is 0 Å². The molecule has 6 rings (SSSR count). The zero-order valence-corrected chi connectivity index (χ0v) is 22.1. The molecule has 2 saturated carbocycles. The van der Waals surface area contributed by atoms with Gasteiger partial charge in [0.15, 0.2) is 0 Å². The number of nitrogens with two attached hydrogens (primary N) is 1. The number of anilines is 1. The van der Waals surface area contributed by atoms with E-state index in [9.17, 15) is 9.90 Å². The predicted molar refractivity (Wildman–Crippen MR) is 144 cm³/mol. The van der Waals surface area contributed by atoms with Gasteiger partial charge in [-0.3, -0.25) is 9.69 Å². The standard InChI is InChI=1S/C30H40N4O3/c1-19-26-17-34(24-9-13-37-14-10-24)18-30(19,26)22-5-3-20(4-6-22)21-15-25(27(31)32-16-21)28(35)33-23-7-11-29(2,36)12-8-23/h3-6,15-16,19,23-24,26,36H,7-14,17-18H2,1-2H3,(H2,31,32)(H,33,35)/t19?,23-,26-,29-,30+/m1/s1. The number of nitrogen functional groups attached to an aromatic ring is 1. The first kappa shape index (κ1) is 24.8. The van der Waals surface area contributed by atoms with Gasteiger partial charge in [0.1, 0.15) is 5.82 Å². The van der Waals surface area contributed by atoms with Gasteiger partial charge in [-0.05, 0) is 74.5 Å². The van der Waals surface area contributed by atoms with Crippen LogP contribution in [-0.2, 0) is 10.2 Å². The van der Waals surface area contributed by atoms with Crippen LogP contribution >= 0.6 is 0 Å². The molecule has 2 aliphatic heterocycles. The molecule has 0 spiro atoms. The first-order chi connectivity index (χ1) is 17.8. The number of hydrogen-bond donors (Lipinski definition) is 3. The van der Waals surface area contributed by atoms with Gasteiger partial charge in [-0.1, -0.05) is 31.2 Å². The number of aliphatic hydroxyl groups is 1. The third-order valence-electron chi connectivity index (χ3n) is 9.89. The second-order valence-corrected chi connectivity index (χ2v) is 12.2. The topological polar surface area (TPSA) is 101 Å². The summed E-state index contributed by atoms with van der Waals surface area (Å²) in [5, 5.41) is 13.3. The van der Waals surface area contributed by atoms with E-state index in [2.05, 4.69) is 46.4 Å². The maximum atomic E-state index is 13.0. The highest BCUT2D eigenvalue weighted by atomic mass is 16.5. The van der Waals surface area contributed by atoms with E-state index in [1.54, 1.807) is 6.20 Å². The minimum Gasteiger partial charge on any atom is -0.390 e. The van der Waals surface area contributed by atoms with E-state index in [0.29, 0.717) is 30.4 Å². The molecule has 1 amide bonds. The quantitative estimate of drug-likeness (QED) is 0.573. The van der Waals surface area contributed by atoms with Crippen molar-refractivity contribution >= 4 is 11.7 Å². The summed E-state index contributed by atoms with van der Waals surface area (Å²) in [4.78, 5) is 20.1. The Labute approximate surface area is 219 Å². The number of fused-ring (bicyclic) bond motifs is 1. The van der Waals surface area contributed by atoms with E-state index < -0.39 is 5.60 Å². The summed E-state index contributed by atoms with van der Waals surface area (Å²) in [7, 11) is 0. The maximum Gasteiger partial charge on any atom is 0.255 e. The summed E-state index contributed by atoms with van der Waals surface area (Å²) >= 11 is 0. The van der Waals surface area contributed by atoms with Crippen LogP contribution in [0.3, 0.4) is 0 Å². The van der Waals surface area contributed by atoms with Crippen molar-refractivity contribution in [3.05, 3.63) is 47.7 Å². The number of hydrogen-bond acceptors (Lipinski definition) is 6. The molecule has 7 heteroatoms. The van der Waals surface area contributed by atoms with Crippen molar-refractivity contribution in [2.45, 2.75) is 75.5 Å². The lowest BCUT2D eigenvalue weighted by Gasteiger charge is -2.34. The number of piperidine rings is 1. The van der Waals surface area contributed by atoms with E-state index in [0.717, 1.165) is 62.5 Å². The van der Waals surface area contributed by atoms with Crippen LogP contribution in [0.4, 0.5) is 5.82 Å². The zero-order chi connectivity index (χ0) is 25.8. The summed E-state index contributed by atoms with van der Waals surface area (Å²) in [6.45, 7) is 8.39. The van der Waals surface area contributed by atoms with E-state index in [-0.39, 0.29) is 23.2 Å². The molecule has 1 aromatic carbocycles. The van der Waals surface area contributed by atoms with Crippen molar-refractivity contribution in [2.75, 3.05) is 32.0 Å². The van der Waals surface area contributed by atoms with Crippen LogP contribution in [0, 0.1) is 11.8 Å². The molecule has 2 aromatic rings. The fourth-order valence-corrected chi connectivity index (χ4v) is 7.29. The van der Waals surface area contributed by atoms with Crippen LogP contribution in [0.5, 0.6) is 0 Å². The van der Waals surface area contributed by atoms with Crippen LogP contribution in [0.2, 0.25) is 0 Å². The Bertz CT molecular complexity index is 1150. The summed E-state index contributed by atoms with van der Waals surface area (Å²) in [6.07, 6.45) is 6.95. The van der Waals surface area contributed by atoms with Gasteiger partial charge < -0.3 is 20.9 Å². The lowest BCUT2D eigenvalue weighted by Crippen LogP contribution is -2.42. The molecule has 1 aromatic heterocycles. The Morgan fingerprint density at radius 2 is 1.84 bits per heavy atom. The molecular weight excluding hydrogens is 464 g/mol. The number of carbonyl (C=O) groups is 1. The molecule has 4 aliphatic rings. The number of likely N-dealkylation sites (tertiary alicyclic amines) is 1. The average molecular weight is 505 g/mol. The molecule has 37 heavy (non-hydrogen) atoms. The van der Waals surface area contributed by atoms with Gasteiger partial charge in [-0.15, -0.1) is 0 Å². The van der Waals surface area contributed by atoms with E-state index in [1.807, 2.05) is 13.0 Å². The highest BCUT2D eigenvalue weighted by molar-refractivity contribution is 5.99. The second-order valence-electron chi connectivity index (χ2n) is 12.2. The maximum absolute atomic E-state index is 13.0. The van der Waals surface area contributed by atoms with Crippen LogP contribution < -0.4 is 11.1 Å². The molecule has 4 N–H and O–H groups in total. The summed E-state index contributed by atoms with van der Waals surface area (Å²) < 4.78 is 5.59. The Balaban J connectivity index is 1.16. The largest absolute Gasteiger partial charge is 0.390 e. The molecule has 2 saturated heterocycles. The number of amides is 1.